The van der Waals surface area contributed by atoms with Crippen molar-refractivity contribution >= 4 is 11.7 Å². The number of hydrogen-bond acceptors (Lipinski definition) is 19. The zero-order valence-electron chi connectivity index (χ0n) is 46.5. The van der Waals surface area contributed by atoms with Crippen LogP contribution in [-0.2, 0) is 39.6 Å². The summed E-state index contributed by atoms with van der Waals surface area (Å²) in [7, 11) is 5.26. The summed E-state index contributed by atoms with van der Waals surface area (Å²) in [6, 6.07) is 4.11. The summed E-state index contributed by atoms with van der Waals surface area (Å²) in [5.41, 5.74) is -3.79. The minimum Gasteiger partial charge on any atom is -0.494 e. The van der Waals surface area contributed by atoms with Crippen LogP contribution in [-0.4, -0.2) is 199 Å². The lowest BCUT2D eigenvalue weighted by atomic mass is 9.78. The van der Waals surface area contributed by atoms with Gasteiger partial charge in [0, 0.05) is 82.2 Å². The van der Waals surface area contributed by atoms with Crippen molar-refractivity contribution in [1.29, 1.82) is 0 Å². The van der Waals surface area contributed by atoms with E-state index in [0.717, 1.165) is 0 Å². The van der Waals surface area contributed by atoms with E-state index in [4.69, 9.17) is 33.2 Å². The van der Waals surface area contributed by atoms with Gasteiger partial charge in [-0.25, -0.2) is 9.07 Å². The number of alkyl halides is 1. The molecule has 0 spiro atoms. The number of aromatic nitrogens is 3. The van der Waals surface area contributed by atoms with Gasteiger partial charge in [0.1, 0.15) is 36.3 Å². The lowest BCUT2D eigenvalue weighted by Crippen LogP contribution is -2.60. The standard InChI is InChI=1S/C53H89FN6O15/c1-14-43-52(9,66)26-42(61)35(6)58(12)29-31(2)19-22-51(8,65)48(33(4)46(34(5)49(64)73-43)74-44-27-53(10,69-13)47(63)36(7)72-44)75-50-45(62)41(25-32(3)71-50)57(11)23-20-37-30-59(56-55-37)39(28-54)21-24-70-40-17-15-38(16-18-40)60(67)68/h15-18,30-36,39,41-48,50,61-63,65-66H,14,19-29H2,1-13H3/t31-,32-,33+,34-,35-,36+,39+,41+,42+,43-,44+,45-,46+,47+,48-,50+,51-,52+,53-/m1/s1. The maximum absolute atomic E-state index is 14.5. The van der Waals surface area contributed by atoms with Crippen molar-refractivity contribution < 1.29 is 72.8 Å². The number of likely N-dealkylation sites (N-methyl/N-ethyl adjacent to an activating group) is 2. The van der Waals surface area contributed by atoms with Crippen LogP contribution in [0.5, 0.6) is 5.75 Å². The van der Waals surface area contributed by atoms with E-state index in [-0.39, 0.29) is 56.4 Å². The molecule has 19 atom stereocenters. The lowest BCUT2D eigenvalue weighted by molar-refractivity contribution is -0.384. The van der Waals surface area contributed by atoms with Crippen molar-refractivity contribution in [3.63, 3.8) is 0 Å². The maximum atomic E-state index is 14.5. The highest BCUT2D eigenvalue weighted by molar-refractivity contribution is 5.73. The highest BCUT2D eigenvalue weighted by Crippen LogP contribution is 2.40. The van der Waals surface area contributed by atoms with Gasteiger partial charge in [-0.3, -0.25) is 14.9 Å². The van der Waals surface area contributed by atoms with E-state index in [1.807, 2.05) is 37.7 Å². The summed E-state index contributed by atoms with van der Waals surface area (Å²) in [6.07, 6.45) is -6.11. The topological polar surface area (TPSA) is 263 Å². The average Bonchev–Trinajstić information content (AvgIpc) is 3.84. The number of hydrogen-bond donors (Lipinski definition) is 5. The predicted octanol–water partition coefficient (Wildman–Crippen LogP) is 4.77. The summed E-state index contributed by atoms with van der Waals surface area (Å²) < 4.78 is 59.8. The molecule has 3 fully saturated rings. The number of halogens is 1. The molecule has 21 nitrogen and oxygen atoms in total. The first kappa shape index (κ1) is 62.3. The molecular formula is C53H89FN6O15. The number of ether oxygens (including phenoxy) is 7. The fourth-order valence-electron chi connectivity index (χ4n) is 11.0. The molecule has 1 aromatic heterocycles. The molecular weight excluding hydrogens is 980 g/mol. The van der Waals surface area contributed by atoms with E-state index < -0.39 is 120 Å². The third-order valence-electron chi connectivity index (χ3n) is 16.3. The van der Waals surface area contributed by atoms with Crippen LogP contribution in [0.1, 0.15) is 126 Å². The Hall–Kier alpha value is -3.52. The van der Waals surface area contributed by atoms with E-state index in [1.165, 1.54) is 36.1 Å². The molecule has 4 heterocycles. The Bertz CT molecular complexity index is 2090. The van der Waals surface area contributed by atoms with Gasteiger partial charge in [-0.2, -0.15) is 0 Å². The van der Waals surface area contributed by atoms with Gasteiger partial charge in [0.05, 0.1) is 70.9 Å². The van der Waals surface area contributed by atoms with Crippen molar-refractivity contribution in [2.24, 2.45) is 17.8 Å². The zero-order chi connectivity index (χ0) is 55.7. The summed E-state index contributed by atoms with van der Waals surface area (Å²) in [4.78, 5) is 29.0. The Morgan fingerprint density at radius 2 is 1.69 bits per heavy atom. The van der Waals surface area contributed by atoms with Gasteiger partial charge >= 0.3 is 5.97 Å². The minimum absolute atomic E-state index is 0.0142. The van der Waals surface area contributed by atoms with Crippen molar-refractivity contribution in [3.8, 4) is 5.75 Å². The molecule has 2 aromatic rings. The number of esters is 1. The van der Waals surface area contributed by atoms with Crippen LogP contribution in [0, 0.1) is 27.9 Å². The second kappa shape index (κ2) is 26.9. The number of nitrogens with zero attached hydrogens (tertiary/aromatic N) is 6. The first-order chi connectivity index (χ1) is 35.1. The van der Waals surface area contributed by atoms with Gasteiger partial charge in [0.25, 0.3) is 5.69 Å². The number of methoxy groups -OCH3 is 1. The second-order valence-electron chi connectivity index (χ2n) is 22.6. The molecule has 0 aliphatic carbocycles. The highest BCUT2D eigenvalue weighted by Gasteiger charge is 2.52. The molecule has 0 unspecified atom stereocenters. The number of rotatable bonds is 17. The zero-order valence-corrected chi connectivity index (χ0v) is 46.5. The maximum Gasteiger partial charge on any atom is 0.311 e. The number of benzene rings is 1. The van der Waals surface area contributed by atoms with Crippen molar-refractivity contribution in [1.82, 2.24) is 24.8 Å². The predicted molar refractivity (Wildman–Crippen MR) is 274 cm³/mol. The van der Waals surface area contributed by atoms with Crippen LogP contribution < -0.4 is 4.74 Å². The van der Waals surface area contributed by atoms with Crippen LogP contribution in [0.15, 0.2) is 30.5 Å². The summed E-state index contributed by atoms with van der Waals surface area (Å²) in [5.74, 6) is -2.18. The second-order valence-corrected chi connectivity index (χ2v) is 22.6. The van der Waals surface area contributed by atoms with Crippen LogP contribution in [0.3, 0.4) is 0 Å². The molecule has 22 heteroatoms. The lowest BCUT2D eigenvalue weighted by Gasteiger charge is -2.48. The van der Waals surface area contributed by atoms with E-state index in [9.17, 15) is 44.8 Å². The number of non-ortho nitro benzene ring substituents is 1. The van der Waals surface area contributed by atoms with Crippen molar-refractivity contribution in [3.05, 3.63) is 46.3 Å². The van der Waals surface area contributed by atoms with Crippen LogP contribution >= 0.6 is 0 Å². The monoisotopic (exact) mass is 1070 g/mol. The van der Waals surface area contributed by atoms with Crippen molar-refractivity contribution in [2.45, 2.75) is 217 Å². The van der Waals surface area contributed by atoms with E-state index >= 15 is 0 Å². The smallest absolute Gasteiger partial charge is 0.311 e. The number of aliphatic hydroxyl groups is 5. The highest BCUT2D eigenvalue weighted by atomic mass is 19.1. The SMILES string of the molecule is CC[C@H]1OC(=O)[C@H](C)[C@@H](O[C@H]2C[C@@](C)(OC)[C@@H](O)[C@H](C)O2)[C@H](C)[C@@H](O[C@@H]2O[C@H](C)C[C@H](N(C)CCc3cn([C@H](CF)CCOc4ccc([N+](=O)[O-])cc4)nn3)[C@H]2O)[C@](C)(O)CC[C@@H](C)CN(C)[C@H](C)[C@@H](O)C[C@]1(C)O. The molecule has 0 saturated carbocycles. The Morgan fingerprint density at radius 1 is 1.01 bits per heavy atom. The molecule has 3 aliphatic heterocycles. The molecule has 5 N–H and O–H groups in total. The molecule has 0 amide bonds. The van der Waals surface area contributed by atoms with Gasteiger partial charge in [-0.05, 0) is 106 Å². The molecule has 3 saturated heterocycles. The molecule has 5 rings (SSSR count). The van der Waals surface area contributed by atoms with Gasteiger partial charge in [0.15, 0.2) is 12.6 Å². The van der Waals surface area contributed by atoms with Crippen LogP contribution in [0.4, 0.5) is 10.1 Å². The number of nitro benzene ring substituents is 1. The summed E-state index contributed by atoms with van der Waals surface area (Å²) in [6.45, 7) is 18.1. The molecule has 75 heavy (non-hydrogen) atoms. The van der Waals surface area contributed by atoms with Crippen molar-refractivity contribution in [2.75, 3.05) is 47.6 Å². The molecule has 1 aromatic carbocycles. The Kier molecular flexibility index (Phi) is 22.3. The van der Waals surface area contributed by atoms with Gasteiger partial charge in [-0.1, -0.05) is 26.0 Å². The number of cyclic esters (lactones) is 1. The third kappa shape index (κ3) is 16.1. The third-order valence-corrected chi connectivity index (χ3v) is 16.3. The molecule has 0 bridgehead atoms. The van der Waals surface area contributed by atoms with E-state index in [1.54, 1.807) is 54.7 Å². The van der Waals surface area contributed by atoms with Gasteiger partial charge < -0.3 is 68.5 Å². The van der Waals surface area contributed by atoms with E-state index in [2.05, 4.69) is 17.2 Å². The fraction of sp³-hybridized carbons (Fsp3) is 0.830. The quantitative estimate of drug-likeness (QED) is 0.0811. The Morgan fingerprint density at radius 3 is 2.32 bits per heavy atom. The first-order valence-electron chi connectivity index (χ1n) is 26.8. The van der Waals surface area contributed by atoms with E-state index in [0.29, 0.717) is 43.8 Å². The number of carbonyl (C=O) groups excluding carboxylic acids is 1. The van der Waals surface area contributed by atoms with Crippen LogP contribution in [0.2, 0.25) is 0 Å². The molecule has 0 radical (unpaired) electrons. The Balaban J connectivity index is 1.40. The van der Waals surface area contributed by atoms with Gasteiger partial charge in [-0.15, -0.1) is 5.10 Å². The largest absolute Gasteiger partial charge is 0.494 e. The number of nitro groups is 1. The van der Waals surface area contributed by atoms with Crippen LogP contribution in [0.25, 0.3) is 0 Å². The average molecular weight is 1070 g/mol. The molecule has 3 aliphatic rings. The normalized spacial score (nSPS) is 38.7. The minimum atomic E-state index is -1.63. The molecule has 428 valence electrons. The number of aliphatic hydroxyl groups excluding tert-OH is 3. The summed E-state index contributed by atoms with van der Waals surface area (Å²) in [5, 5.41) is 79.0. The fourth-order valence-corrected chi connectivity index (χ4v) is 11.0. The number of carbonyl (C=O) groups is 1. The summed E-state index contributed by atoms with van der Waals surface area (Å²) >= 11 is 0. The van der Waals surface area contributed by atoms with Gasteiger partial charge in [0.2, 0.25) is 0 Å². The first-order valence-corrected chi connectivity index (χ1v) is 26.8. The Labute approximate surface area is 442 Å².